The normalized spacial score (nSPS) is 13.6. The van der Waals surface area contributed by atoms with Crippen molar-refractivity contribution in [2.75, 3.05) is 13.7 Å². The molecule has 1 aromatic carbocycles. The number of nitrogens with two attached hydrogens (primary N) is 1. The summed E-state index contributed by atoms with van der Waals surface area (Å²) < 4.78 is 6.03. The maximum Gasteiger partial charge on any atom is 0.133 e. The van der Waals surface area contributed by atoms with Gasteiger partial charge in [-0.3, -0.25) is 0 Å². The standard InChI is InChI=1S/C12H18BrNO2/c1-12(2,7-15)11(14)8-4-5-10(16-3)9(13)6-8/h4-6,11,15H,7,14H2,1-3H3/t11-/m1/s1. The van der Waals surface area contributed by atoms with Crippen LogP contribution in [-0.2, 0) is 0 Å². The Morgan fingerprint density at radius 3 is 2.56 bits per heavy atom. The van der Waals surface area contributed by atoms with Gasteiger partial charge in [-0.15, -0.1) is 0 Å². The van der Waals surface area contributed by atoms with Crippen LogP contribution in [0, 0.1) is 5.41 Å². The highest BCUT2D eigenvalue weighted by molar-refractivity contribution is 9.10. The molecule has 0 aliphatic carbocycles. The summed E-state index contributed by atoms with van der Waals surface area (Å²) in [4.78, 5) is 0. The Hall–Kier alpha value is -0.580. The van der Waals surface area contributed by atoms with E-state index in [1.54, 1.807) is 7.11 Å². The molecule has 1 rings (SSSR count). The molecule has 0 aromatic heterocycles. The molecule has 90 valence electrons. The first-order valence-electron chi connectivity index (χ1n) is 5.12. The summed E-state index contributed by atoms with van der Waals surface area (Å²) in [5, 5.41) is 9.28. The van der Waals surface area contributed by atoms with Gasteiger partial charge in [0.2, 0.25) is 0 Å². The Morgan fingerprint density at radius 2 is 2.12 bits per heavy atom. The van der Waals surface area contributed by atoms with Crippen molar-refractivity contribution in [2.45, 2.75) is 19.9 Å². The quantitative estimate of drug-likeness (QED) is 0.895. The molecule has 0 aliphatic rings. The van der Waals surface area contributed by atoms with Crippen molar-refractivity contribution in [3.8, 4) is 5.75 Å². The minimum atomic E-state index is -0.339. The maximum atomic E-state index is 9.28. The number of hydrogen-bond acceptors (Lipinski definition) is 3. The van der Waals surface area contributed by atoms with Crippen molar-refractivity contribution in [1.82, 2.24) is 0 Å². The zero-order chi connectivity index (χ0) is 12.3. The van der Waals surface area contributed by atoms with Crippen molar-refractivity contribution in [1.29, 1.82) is 0 Å². The molecule has 0 heterocycles. The van der Waals surface area contributed by atoms with Crippen LogP contribution in [0.1, 0.15) is 25.5 Å². The number of aliphatic hydroxyl groups is 1. The van der Waals surface area contributed by atoms with Crippen LogP contribution in [0.2, 0.25) is 0 Å². The van der Waals surface area contributed by atoms with Crippen LogP contribution in [-0.4, -0.2) is 18.8 Å². The lowest BCUT2D eigenvalue weighted by Crippen LogP contribution is -2.32. The lowest BCUT2D eigenvalue weighted by atomic mass is 9.82. The molecule has 0 saturated heterocycles. The number of hydrogen-bond donors (Lipinski definition) is 2. The molecule has 0 amide bonds. The molecule has 3 N–H and O–H groups in total. The monoisotopic (exact) mass is 287 g/mol. The summed E-state index contributed by atoms with van der Waals surface area (Å²) in [5.74, 6) is 0.776. The van der Waals surface area contributed by atoms with E-state index in [-0.39, 0.29) is 18.1 Å². The Balaban J connectivity index is 3.02. The van der Waals surface area contributed by atoms with Gasteiger partial charge < -0.3 is 15.6 Å². The van der Waals surface area contributed by atoms with E-state index in [1.807, 2.05) is 32.0 Å². The van der Waals surface area contributed by atoms with Crippen molar-refractivity contribution < 1.29 is 9.84 Å². The van der Waals surface area contributed by atoms with E-state index >= 15 is 0 Å². The van der Waals surface area contributed by atoms with Gasteiger partial charge in [0, 0.05) is 18.1 Å². The maximum absolute atomic E-state index is 9.28. The molecule has 0 radical (unpaired) electrons. The van der Waals surface area contributed by atoms with Crippen LogP contribution in [0.3, 0.4) is 0 Å². The molecule has 0 aliphatic heterocycles. The second kappa shape index (κ2) is 5.17. The predicted molar refractivity (Wildman–Crippen MR) is 68.5 cm³/mol. The van der Waals surface area contributed by atoms with Crippen LogP contribution in [0.15, 0.2) is 22.7 Å². The first-order chi connectivity index (χ1) is 7.42. The van der Waals surface area contributed by atoms with Gasteiger partial charge in [-0.2, -0.15) is 0 Å². The third-order valence-electron chi connectivity index (χ3n) is 2.78. The first-order valence-corrected chi connectivity index (χ1v) is 5.91. The first kappa shape index (κ1) is 13.5. The van der Waals surface area contributed by atoms with E-state index in [0.717, 1.165) is 15.8 Å². The van der Waals surface area contributed by atoms with Crippen LogP contribution >= 0.6 is 15.9 Å². The highest BCUT2D eigenvalue weighted by Crippen LogP contribution is 2.34. The average Bonchev–Trinajstić information content (AvgIpc) is 2.27. The molecule has 3 nitrogen and oxygen atoms in total. The van der Waals surface area contributed by atoms with Crippen LogP contribution in [0.5, 0.6) is 5.75 Å². The smallest absolute Gasteiger partial charge is 0.133 e. The van der Waals surface area contributed by atoms with Gasteiger partial charge >= 0.3 is 0 Å². The number of aliphatic hydroxyl groups excluding tert-OH is 1. The molecular weight excluding hydrogens is 270 g/mol. The third-order valence-corrected chi connectivity index (χ3v) is 3.40. The minimum Gasteiger partial charge on any atom is -0.496 e. The topological polar surface area (TPSA) is 55.5 Å². The van der Waals surface area contributed by atoms with Gasteiger partial charge in [-0.25, -0.2) is 0 Å². The van der Waals surface area contributed by atoms with Crippen molar-refractivity contribution in [2.24, 2.45) is 11.1 Å². The zero-order valence-electron chi connectivity index (χ0n) is 9.83. The summed E-state index contributed by atoms with van der Waals surface area (Å²) in [6.07, 6.45) is 0. The summed E-state index contributed by atoms with van der Waals surface area (Å²) in [5.41, 5.74) is 6.76. The number of ether oxygens (including phenoxy) is 1. The number of methoxy groups -OCH3 is 1. The summed E-state index contributed by atoms with van der Waals surface area (Å²) in [7, 11) is 1.62. The zero-order valence-corrected chi connectivity index (χ0v) is 11.4. The van der Waals surface area contributed by atoms with Gasteiger partial charge in [0.25, 0.3) is 0 Å². The minimum absolute atomic E-state index is 0.0534. The lowest BCUT2D eigenvalue weighted by molar-refractivity contribution is 0.132. The van der Waals surface area contributed by atoms with E-state index in [1.165, 1.54) is 0 Å². The molecule has 0 bridgehead atoms. The highest BCUT2D eigenvalue weighted by Gasteiger charge is 2.27. The van der Waals surface area contributed by atoms with Crippen LogP contribution in [0.25, 0.3) is 0 Å². The third kappa shape index (κ3) is 2.75. The van der Waals surface area contributed by atoms with Gasteiger partial charge in [0.1, 0.15) is 5.75 Å². The molecule has 1 atom stereocenters. The fourth-order valence-electron chi connectivity index (χ4n) is 1.43. The molecule has 16 heavy (non-hydrogen) atoms. The summed E-state index contributed by atoms with van der Waals surface area (Å²) >= 11 is 3.42. The molecular formula is C12H18BrNO2. The largest absolute Gasteiger partial charge is 0.496 e. The predicted octanol–water partition coefficient (Wildman–Crippen LogP) is 2.48. The van der Waals surface area contributed by atoms with Gasteiger partial charge in [-0.05, 0) is 33.6 Å². The van der Waals surface area contributed by atoms with Gasteiger partial charge in [0.05, 0.1) is 11.6 Å². The SMILES string of the molecule is COc1ccc([C@@H](N)C(C)(C)CO)cc1Br. The average molecular weight is 288 g/mol. The highest BCUT2D eigenvalue weighted by atomic mass is 79.9. The van der Waals surface area contributed by atoms with Gasteiger partial charge in [-0.1, -0.05) is 19.9 Å². The molecule has 0 saturated carbocycles. The number of halogens is 1. The van der Waals surface area contributed by atoms with E-state index in [0.29, 0.717) is 0 Å². The molecule has 1 aromatic rings. The number of benzene rings is 1. The van der Waals surface area contributed by atoms with E-state index < -0.39 is 0 Å². The lowest BCUT2D eigenvalue weighted by Gasteiger charge is -2.30. The molecule has 0 fully saturated rings. The Labute approximate surface area is 105 Å². The second-order valence-corrected chi connectivity index (χ2v) is 5.37. The van der Waals surface area contributed by atoms with E-state index in [4.69, 9.17) is 10.5 Å². The molecule has 0 spiro atoms. The van der Waals surface area contributed by atoms with E-state index in [2.05, 4.69) is 15.9 Å². The van der Waals surface area contributed by atoms with Gasteiger partial charge in [0.15, 0.2) is 0 Å². The Kier molecular flexibility index (Phi) is 4.35. The van der Waals surface area contributed by atoms with E-state index in [9.17, 15) is 5.11 Å². The Morgan fingerprint density at radius 1 is 1.50 bits per heavy atom. The van der Waals surface area contributed by atoms with Crippen LogP contribution < -0.4 is 10.5 Å². The molecule has 0 unspecified atom stereocenters. The fraction of sp³-hybridized carbons (Fsp3) is 0.500. The summed E-state index contributed by atoms with van der Waals surface area (Å²) in [6.45, 7) is 3.93. The fourth-order valence-corrected chi connectivity index (χ4v) is 1.98. The van der Waals surface area contributed by atoms with Crippen molar-refractivity contribution in [3.05, 3.63) is 28.2 Å². The second-order valence-electron chi connectivity index (χ2n) is 4.52. The van der Waals surface area contributed by atoms with Crippen molar-refractivity contribution in [3.63, 3.8) is 0 Å². The summed E-state index contributed by atoms with van der Waals surface area (Å²) in [6, 6.07) is 5.51. The Bertz CT molecular complexity index is 366. The number of rotatable bonds is 4. The van der Waals surface area contributed by atoms with Crippen LogP contribution in [0.4, 0.5) is 0 Å². The molecule has 4 heteroatoms. The van der Waals surface area contributed by atoms with Crippen molar-refractivity contribution >= 4 is 15.9 Å².